The maximum absolute atomic E-state index is 13.7. The molecular formula is C21H28FN2O+. The summed E-state index contributed by atoms with van der Waals surface area (Å²) in [6, 6.07) is 14.8. The van der Waals surface area contributed by atoms with E-state index in [1.807, 2.05) is 11.4 Å². The minimum absolute atomic E-state index is 0.000261. The lowest BCUT2D eigenvalue weighted by molar-refractivity contribution is -0.676. The fraction of sp³-hybridized carbons (Fsp3) is 0.381. The molecule has 0 heterocycles. The standard InChI is InChI=1S/C21H27FN2O/c1-4-16-8-10-17(11-9-16)21(18-6-5-7-19(22)12-18)24-14-20(25)23-13-15(2)3/h5-12,15,21,24H,4,13-14H2,1-3H3,(H,23,25)/p+1/t21-/m0/s1. The zero-order chi connectivity index (χ0) is 18.2. The number of hydrogen-bond donors (Lipinski definition) is 2. The Morgan fingerprint density at radius 3 is 2.44 bits per heavy atom. The number of carbonyl (C=O) groups is 1. The molecule has 0 bridgehead atoms. The topological polar surface area (TPSA) is 45.7 Å². The fourth-order valence-corrected chi connectivity index (χ4v) is 2.74. The van der Waals surface area contributed by atoms with Crippen molar-refractivity contribution >= 4 is 5.91 Å². The first-order chi connectivity index (χ1) is 12.0. The molecule has 0 aliphatic heterocycles. The number of nitrogens with one attached hydrogen (secondary N) is 1. The van der Waals surface area contributed by atoms with Gasteiger partial charge in [0.25, 0.3) is 5.91 Å². The molecule has 0 radical (unpaired) electrons. The van der Waals surface area contributed by atoms with E-state index in [9.17, 15) is 9.18 Å². The Kier molecular flexibility index (Phi) is 7.14. The van der Waals surface area contributed by atoms with Gasteiger partial charge in [-0.3, -0.25) is 4.79 Å². The van der Waals surface area contributed by atoms with Crippen molar-refractivity contribution in [2.45, 2.75) is 33.2 Å². The molecule has 2 aromatic rings. The molecule has 25 heavy (non-hydrogen) atoms. The number of benzene rings is 2. The van der Waals surface area contributed by atoms with Crippen LogP contribution in [-0.4, -0.2) is 19.0 Å². The van der Waals surface area contributed by atoms with Crippen molar-refractivity contribution in [1.29, 1.82) is 0 Å². The molecule has 0 saturated carbocycles. The second kappa shape index (κ2) is 9.33. The molecule has 0 spiro atoms. The van der Waals surface area contributed by atoms with Crippen LogP contribution < -0.4 is 10.6 Å². The third-order valence-corrected chi connectivity index (χ3v) is 4.20. The van der Waals surface area contributed by atoms with Gasteiger partial charge in [0.1, 0.15) is 11.9 Å². The summed E-state index contributed by atoms with van der Waals surface area (Å²) >= 11 is 0. The van der Waals surface area contributed by atoms with Crippen LogP contribution in [-0.2, 0) is 11.2 Å². The summed E-state index contributed by atoms with van der Waals surface area (Å²) in [6.07, 6.45) is 0.978. The molecule has 1 atom stereocenters. The number of amides is 1. The minimum atomic E-state index is -0.259. The molecule has 3 N–H and O–H groups in total. The van der Waals surface area contributed by atoms with Crippen LogP contribution in [0.25, 0.3) is 0 Å². The van der Waals surface area contributed by atoms with E-state index in [2.05, 4.69) is 50.4 Å². The number of carbonyl (C=O) groups excluding carboxylic acids is 1. The fourth-order valence-electron chi connectivity index (χ4n) is 2.74. The lowest BCUT2D eigenvalue weighted by atomic mass is 9.97. The highest BCUT2D eigenvalue weighted by atomic mass is 19.1. The number of aryl methyl sites for hydroxylation is 1. The van der Waals surface area contributed by atoms with Crippen LogP contribution in [0.3, 0.4) is 0 Å². The summed E-state index contributed by atoms with van der Waals surface area (Å²) in [5.41, 5.74) is 3.19. The van der Waals surface area contributed by atoms with Crippen molar-refractivity contribution in [3.63, 3.8) is 0 Å². The third-order valence-electron chi connectivity index (χ3n) is 4.20. The maximum atomic E-state index is 13.7. The average molecular weight is 343 g/mol. The first-order valence-corrected chi connectivity index (χ1v) is 8.94. The summed E-state index contributed by atoms with van der Waals surface area (Å²) in [4.78, 5) is 12.1. The van der Waals surface area contributed by atoms with Crippen molar-refractivity contribution in [2.75, 3.05) is 13.1 Å². The van der Waals surface area contributed by atoms with Gasteiger partial charge in [-0.25, -0.2) is 4.39 Å². The summed E-state index contributed by atoms with van der Waals surface area (Å²) in [6.45, 7) is 7.22. The largest absolute Gasteiger partial charge is 0.351 e. The molecular weight excluding hydrogens is 315 g/mol. The monoisotopic (exact) mass is 343 g/mol. The highest BCUT2D eigenvalue weighted by Crippen LogP contribution is 2.20. The first-order valence-electron chi connectivity index (χ1n) is 8.94. The van der Waals surface area contributed by atoms with Crippen molar-refractivity contribution < 1.29 is 14.5 Å². The molecule has 0 saturated heterocycles. The number of hydrogen-bond acceptors (Lipinski definition) is 1. The lowest BCUT2D eigenvalue weighted by Gasteiger charge is -2.17. The highest BCUT2D eigenvalue weighted by molar-refractivity contribution is 5.76. The SMILES string of the molecule is CCc1ccc([C@H]([NH2+]CC(=O)NCC(C)C)c2cccc(F)c2)cc1. The zero-order valence-electron chi connectivity index (χ0n) is 15.3. The van der Waals surface area contributed by atoms with E-state index in [1.165, 1.54) is 11.6 Å². The van der Waals surface area contributed by atoms with Crippen molar-refractivity contribution in [2.24, 2.45) is 5.92 Å². The van der Waals surface area contributed by atoms with E-state index in [4.69, 9.17) is 0 Å². The van der Waals surface area contributed by atoms with Crippen LogP contribution in [0.15, 0.2) is 48.5 Å². The van der Waals surface area contributed by atoms with E-state index in [-0.39, 0.29) is 17.8 Å². The van der Waals surface area contributed by atoms with Crippen LogP contribution in [0, 0.1) is 11.7 Å². The van der Waals surface area contributed by atoms with Gasteiger partial charge < -0.3 is 10.6 Å². The quantitative estimate of drug-likeness (QED) is 0.761. The van der Waals surface area contributed by atoms with Gasteiger partial charge in [-0.15, -0.1) is 0 Å². The second-order valence-corrected chi connectivity index (χ2v) is 6.77. The maximum Gasteiger partial charge on any atom is 0.275 e. The van der Waals surface area contributed by atoms with E-state index in [0.717, 1.165) is 17.5 Å². The van der Waals surface area contributed by atoms with Gasteiger partial charge in [0.2, 0.25) is 0 Å². The Labute approximate surface area is 149 Å². The van der Waals surface area contributed by atoms with Crippen molar-refractivity contribution in [1.82, 2.24) is 5.32 Å². The van der Waals surface area contributed by atoms with Crippen LogP contribution in [0.5, 0.6) is 0 Å². The van der Waals surface area contributed by atoms with Gasteiger partial charge in [0.05, 0.1) is 0 Å². The third kappa shape index (κ3) is 5.98. The molecule has 2 rings (SSSR count). The van der Waals surface area contributed by atoms with E-state index >= 15 is 0 Å². The van der Waals surface area contributed by atoms with Crippen molar-refractivity contribution in [3.8, 4) is 0 Å². The predicted molar refractivity (Wildman–Crippen MR) is 98.7 cm³/mol. The number of rotatable bonds is 8. The number of halogens is 1. The summed E-state index contributed by atoms with van der Waals surface area (Å²) in [7, 11) is 0. The van der Waals surface area contributed by atoms with Crippen LogP contribution >= 0.6 is 0 Å². The summed E-state index contributed by atoms with van der Waals surface area (Å²) in [5, 5.41) is 4.89. The molecule has 1 amide bonds. The molecule has 2 aromatic carbocycles. The smallest absolute Gasteiger partial charge is 0.275 e. The predicted octanol–water partition coefficient (Wildman–Crippen LogP) is 2.81. The summed E-state index contributed by atoms with van der Waals surface area (Å²) < 4.78 is 13.7. The Hall–Kier alpha value is -2.20. The zero-order valence-corrected chi connectivity index (χ0v) is 15.3. The van der Waals surface area contributed by atoms with Gasteiger partial charge in [-0.1, -0.05) is 57.2 Å². The normalized spacial score (nSPS) is 12.2. The number of quaternary nitrogens is 1. The molecule has 0 aromatic heterocycles. The molecule has 0 unspecified atom stereocenters. The number of nitrogens with two attached hydrogens (primary N) is 1. The molecule has 0 aliphatic carbocycles. The molecule has 4 heteroatoms. The van der Waals surface area contributed by atoms with Gasteiger partial charge >= 0.3 is 0 Å². The Balaban J connectivity index is 2.15. The van der Waals surface area contributed by atoms with Crippen molar-refractivity contribution in [3.05, 3.63) is 71.0 Å². The summed E-state index contributed by atoms with van der Waals surface area (Å²) in [5.74, 6) is 0.162. The van der Waals surface area contributed by atoms with Crippen LogP contribution in [0.2, 0.25) is 0 Å². The Morgan fingerprint density at radius 1 is 1.12 bits per heavy atom. The Bertz CT molecular complexity index is 683. The second-order valence-electron chi connectivity index (χ2n) is 6.77. The van der Waals surface area contributed by atoms with E-state index in [0.29, 0.717) is 19.0 Å². The minimum Gasteiger partial charge on any atom is -0.351 e. The highest BCUT2D eigenvalue weighted by Gasteiger charge is 2.19. The molecule has 0 fully saturated rings. The molecule has 0 aliphatic rings. The average Bonchev–Trinajstić information content (AvgIpc) is 2.61. The van der Waals surface area contributed by atoms with Crippen LogP contribution in [0.1, 0.15) is 43.5 Å². The lowest BCUT2D eigenvalue weighted by Crippen LogP contribution is -2.87. The first kappa shape index (κ1) is 19.1. The van der Waals surface area contributed by atoms with Crippen LogP contribution in [0.4, 0.5) is 4.39 Å². The van der Waals surface area contributed by atoms with E-state index in [1.54, 1.807) is 12.1 Å². The molecule has 134 valence electrons. The van der Waals surface area contributed by atoms with Gasteiger partial charge in [0, 0.05) is 17.7 Å². The van der Waals surface area contributed by atoms with E-state index < -0.39 is 0 Å². The Morgan fingerprint density at radius 2 is 1.84 bits per heavy atom. The molecule has 3 nitrogen and oxygen atoms in total. The van der Waals surface area contributed by atoms with Gasteiger partial charge in [0.15, 0.2) is 6.54 Å². The van der Waals surface area contributed by atoms with Gasteiger partial charge in [-0.2, -0.15) is 0 Å². The van der Waals surface area contributed by atoms with Gasteiger partial charge in [-0.05, 0) is 30.0 Å².